The Kier molecular flexibility index (Phi) is 3.99. The van der Waals surface area contributed by atoms with Crippen molar-refractivity contribution in [3.8, 4) is 0 Å². The molecule has 4 heteroatoms. The van der Waals surface area contributed by atoms with E-state index in [1.807, 2.05) is 30.0 Å². The monoisotopic (exact) mass is 248 g/mol. The van der Waals surface area contributed by atoms with Crippen molar-refractivity contribution in [3.05, 3.63) is 53.7 Å². The third kappa shape index (κ3) is 2.71. The third-order valence-electron chi connectivity index (χ3n) is 2.90. The first-order chi connectivity index (χ1) is 8.74. The minimum Gasteiger partial charge on any atom is -0.467 e. The zero-order valence-corrected chi connectivity index (χ0v) is 10.4. The molecule has 0 spiro atoms. The lowest BCUT2D eigenvalue weighted by Crippen LogP contribution is -2.23. The van der Waals surface area contributed by atoms with Gasteiger partial charge in [0.2, 0.25) is 0 Å². The van der Waals surface area contributed by atoms with Gasteiger partial charge in [0.1, 0.15) is 11.6 Å². The van der Waals surface area contributed by atoms with Crippen LogP contribution >= 0.6 is 0 Å². The van der Waals surface area contributed by atoms with Crippen molar-refractivity contribution in [1.29, 1.82) is 0 Å². The van der Waals surface area contributed by atoms with Gasteiger partial charge < -0.3 is 15.1 Å². The van der Waals surface area contributed by atoms with E-state index in [0.29, 0.717) is 25.3 Å². The first-order valence-electron chi connectivity index (χ1n) is 6.00. The Morgan fingerprint density at radius 1 is 1.33 bits per heavy atom. The van der Waals surface area contributed by atoms with E-state index in [4.69, 9.17) is 10.2 Å². The molecule has 3 nitrogen and oxygen atoms in total. The second kappa shape index (κ2) is 5.69. The van der Waals surface area contributed by atoms with Crippen LogP contribution in [0.15, 0.2) is 41.0 Å². The molecule has 1 aromatic carbocycles. The summed E-state index contributed by atoms with van der Waals surface area (Å²) < 4.78 is 19.3. The Morgan fingerprint density at radius 2 is 2.17 bits per heavy atom. The highest BCUT2D eigenvalue weighted by atomic mass is 19.1. The molecule has 0 amide bonds. The SMILES string of the molecule is CCN(Cc1ccco1)c1ccc(CN)cc1F. The summed E-state index contributed by atoms with van der Waals surface area (Å²) >= 11 is 0. The summed E-state index contributed by atoms with van der Waals surface area (Å²) in [7, 11) is 0. The van der Waals surface area contributed by atoms with Gasteiger partial charge in [-0.1, -0.05) is 6.07 Å². The number of hydrogen-bond donors (Lipinski definition) is 1. The Labute approximate surface area is 106 Å². The Bertz CT molecular complexity index is 497. The quantitative estimate of drug-likeness (QED) is 0.884. The first kappa shape index (κ1) is 12.6. The van der Waals surface area contributed by atoms with Crippen LogP contribution in [0.4, 0.5) is 10.1 Å². The predicted molar refractivity (Wildman–Crippen MR) is 69.7 cm³/mol. The van der Waals surface area contributed by atoms with Crippen LogP contribution in [0.3, 0.4) is 0 Å². The highest BCUT2D eigenvalue weighted by molar-refractivity contribution is 5.49. The summed E-state index contributed by atoms with van der Waals surface area (Å²) in [4.78, 5) is 1.93. The minimum atomic E-state index is -0.244. The molecule has 1 aromatic heterocycles. The number of nitrogens with zero attached hydrogens (tertiary/aromatic N) is 1. The maximum absolute atomic E-state index is 14.0. The fraction of sp³-hybridized carbons (Fsp3) is 0.286. The average molecular weight is 248 g/mol. The maximum Gasteiger partial charge on any atom is 0.146 e. The Hall–Kier alpha value is -1.81. The van der Waals surface area contributed by atoms with Crippen LogP contribution < -0.4 is 10.6 Å². The molecular weight excluding hydrogens is 231 g/mol. The standard InChI is InChI=1S/C14H17FN2O/c1-2-17(10-12-4-3-7-18-12)14-6-5-11(9-16)8-13(14)15/h3-8H,2,9-10,16H2,1H3. The van der Waals surface area contributed by atoms with Crippen LogP contribution in [0, 0.1) is 5.82 Å². The second-order valence-corrected chi connectivity index (χ2v) is 4.08. The van der Waals surface area contributed by atoms with Gasteiger partial charge in [-0.3, -0.25) is 0 Å². The lowest BCUT2D eigenvalue weighted by molar-refractivity contribution is 0.501. The largest absolute Gasteiger partial charge is 0.467 e. The van der Waals surface area contributed by atoms with E-state index in [1.165, 1.54) is 6.07 Å². The summed E-state index contributed by atoms with van der Waals surface area (Å²) in [5.41, 5.74) is 6.86. The molecule has 0 aliphatic carbocycles. The van der Waals surface area contributed by atoms with Crippen LogP contribution in [0.25, 0.3) is 0 Å². The van der Waals surface area contributed by atoms with Crippen molar-refractivity contribution in [2.45, 2.75) is 20.0 Å². The molecular formula is C14H17FN2O. The van der Waals surface area contributed by atoms with Gasteiger partial charge in [-0.2, -0.15) is 0 Å². The number of halogens is 1. The number of nitrogens with two attached hydrogens (primary N) is 1. The highest BCUT2D eigenvalue weighted by Gasteiger charge is 2.12. The summed E-state index contributed by atoms with van der Waals surface area (Å²) in [6.45, 7) is 3.60. The van der Waals surface area contributed by atoms with E-state index in [1.54, 1.807) is 12.3 Å². The number of benzene rings is 1. The van der Waals surface area contributed by atoms with E-state index in [2.05, 4.69) is 0 Å². The minimum absolute atomic E-state index is 0.244. The van der Waals surface area contributed by atoms with Crippen LogP contribution in [0.1, 0.15) is 18.2 Å². The number of hydrogen-bond acceptors (Lipinski definition) is 3. The van der Waals surface area contributed by atoms with Crippen LogP contribution in [-0.4, -0.2) is 6.54 Å². The van der Waals surface area contributed by atoms with Crippen LogP contribution in [0.2, 0.25) is 0 Å². The van der Waals surface area contributed by atoms with E-state index in [-0.39, 0.29) is 5.82 Å². The van der Waals surface area contributed by atoms with E-state index < -0.39 is 0 Å². The van der Waals surface area contributed by atoms with Crippen LogP contribution in [0.5, 0.6) is 0 Å². The molecule has 96 valence electrons. The summed E-state index contributed by atoms with van der Waals surface area (Å²) in [5, 5.41) is 0. The molecule has 0 aliphatic rings. The smallest absolute Gasteiger partial charge is 0.146 e. The van der Waals surface area contributed by atoms with Gasteiger partial charge >= 0.3 is 0 Å². The predicted octanol–water partition coefficient (Wildman–Crippen LogP) is 2.90. The summed E-state index contributed by atoms with van der Waals surface area (Å²) in [6.07, 6.45) is 1.62. The topological polar surface area (TPSA) is 42.4 Å². The zero-order chi connectivity index (χ0) is 13.0. The van der Waals surface area contributed by atoms with Crippen molar-refractivity contribution in [2.24, 2.45) is 5.73 Å². The summed E-state index contributed by atoms with van der Waals surface area (Å²) in [5.74, 6) is 0.575. The molecule has 2 rings (SSSR count). The van der Waals surface area contributed by atoms with Gasteiger partial charge in [-0.05, 0) is 36.8 Å². The van der Waals surface area contributed by atoms with Gasteiger partial charge in [0, 0.05) is 13.1 Å². The lowest BCUT2D eigenvalue weighted by atomic mass is 10.2. The maximum atomic E-state index is 14.0. The van der Waals surface area contributed by atoms with Gasteiger partial charge in [0.25, 0.3) is 0 Å². The number of furan rings is 1. The van der Waals surface area contributed by atoms with Crippen molar-refractivity contribution < 1.29 is 8.81 Å². The Balaban J connectivity index is 2.22. The molecule has 0 bridgehead atoms. The molecule has 18 heavy (non-hydrogen) atoms. The molecule has 0 unspecified atom stereocenters. The van der Waals surface area contributed by atoms with E-state index in [9.17, 15) is 4.39 Å². The molecule has 0 saturated heterocycles. The second-order valence-electron chi connectivity index (χ2n) is 4.08. The molecule has 0 fully saturated rings. The van der Waals surface area contributed by atoms with Crippen molar-refractivity contribution in [1.82, 2.24) is 0 Å². The van der Waals surface area contributed by atoms with E-state index >= 15 is 0 Å². The van der Waals surface area contributed by atoms with E-state index in [0.717, 1.165) is 11.3 Å². The lowest BCUT2D eigenvalue weighted by Gasteiger charge is -2.22. The van der Waals surface area contributed by atoms with Crippen molar-refractivity contribution >= 4 is 5.69 Å². The normalized spacial score (nSPS) is 10.6. The molecule has 0 radical (unpaired) electrons. The number of anilines is 1. The number of rotatable bonds is 5. The third-order valence-corrected chi connectivity index (χ3v) is 2.90. The average Bonchev–Trinajstić information content (AvgIpc) is 2.89. The van der Waals surface area contributed by atoms with Gasteiger partial charge in [0.05, 0.1) is 18.5 Å². The first-order valence-corrected chi connectivity index (χ1v) is 6.00. The fourth-order valence-electron chi connectivity index (χ4n) is 1.89. The summed E-state index contributed by atoms with van der Waals surface area (Å²) in [6, 6.07) is 8.82. The molecule has 0 aliphatic heterocycles. The Morgan fingerprint density at radius 3 is 2.72 bits per heavy atom. The molecule has 2 N–H and O–H groups in total. The zero-order valence-electron chi connectivity index (χ0n) is 10.4. The van der Waals surface area contributed by atoms with Crippen molar-refractivity contribution in [3.63, 3.8) is 0 Å². The van der Waals surface area contributed by atoms with Gasteiger partial charge in [-0.15, -0.1) is 0 Å². The molecule has 0 atom stereocenters. The van der Waals surface area contributed by atoms with Crippen LogP contribution in [-0.2, 0) is 13.1 Å². The van der Waals surface area contributed by atoms with Gasteiger partial charge in [-0.25, -0.2) is 4.39 Å². The fourth-order valence-corrected chi connectivity index (χ4v) is 1.89. The molecule has 2 aromatic rings. The van der Waals surface area contributed by atoms with Crippen molar-refractivity contribution in [2.75, 3.05) is 11.4 Å². The van der Waals surface area contributed by atoms with Gasteiger partial charge in [0.15, 0.2) is 0 Å². The molecule has 1 heterocycles. The molecule has 0 saturated carbocycles. The highest BCUT2D eigenvalue weighted by Crippen LogP contribution is 2.22.